The van der Waals surface area contributed by atoms with Crippen molar-refractivity contribution < 1.29 is 9.53 Å². The molecule has 0 aliphatic rings. The Hall–Kier alpha value is -3.31. The van der Waals surface area contributed by atoms with Gasteiger partial charge in [0, 0.05) is 0 Å². The second kappa shape index (κ2) is 6.92. The summed E-state index contributed by atoms with van der Waals surface area (Å²) in [7, 11) is 0. The lowest BCUT2D eigenvalue weighted by molar-refractivity contribution is -0.122. The van der Waals surface area contributed by atoms with Gasteiger partial charge in [-0.1, -0.05) is 12.1 Å². The van der Waals surface area contributed by atoms with E-state index in [1.54, 1.807) is 55.5 Å². The fourth-order valence-corrected chi connectivity index (χ4v) is 1.79. The van der Waals surface area contributed by atoms with Crippen LogP contribution in [0.5, 0.6) is 5.75 Å². The summed E-state index contributed by atoms with van der Waals surface area (Å²) in [6.07, 6.45) is -0.736. The molecule has 1 unspecified atom stereocenters. The van der Waals surface area contributed by atoms with Crippen LogP contribution in [0.4, 0.5) is 5.69 Å². The molecular weight excluding hydrogens is 278 g/mol. The number of carbonyl (C=O) groups is 1. The van der Waals surface area contributed by atoms with Crippen LogP contribution in [0.2, 0.25) is 0 Å². The van der Waals surface area contributed by atoms with E-state index in [0.717, 1.165) is 0 Å². The monoisotopic (exact) mass is 291 g/mol. The molecule has 0 heterocycles. The lowest BCUT2D eigenvalue weighted by Crippen LogP contribution is -2.30. The molecule has 0 bridgehead atoms. The fraction of sp³-hybridized carbons (Fsp3) is 0.118. The number of carbonyl (C=O) groups excluding carboxylic acids is 1. The van der Waals surface area contributed by atoms with Gasteiger partial charge < -0.3 is 10.1 Å². The van der Waals surface area contributed by atoms with Crippen LogP contribution in [0.3, 0.4) is 0 Å². The number of benzene rings is 2. The standard InChI is InChI=1S/C17H13N3O2/c1-12(22-15-8-6-13(10-18)7-9-15)17(21)20-16-5-3-2-4-14(16)11-19/h2-9,12H,1H3,(H,20,21). The largest absolute Gasteiger partial charge is 0.481 e. The zero-order chi connectivity index (χ0) is 15.9. The number of nitrogens with one attached hydrogen (secondary N) is 1. The highest BCUT2D eigenvalue weighted by Crippen LogP contribution is 2.16. The minimum atomic E-state index is -0.736. The number of ether oxygens (including phenoxy) is 1. The van der Waals surface area contributed by atoms with Crippen molar-refractivity contribution in [2.45, 2.75) is 13.0 Å². The van der Waals surface area contributed by atoms with Gasteiger partial charge in [-0.05, 0) is 43.3 Å². The van der Waals surface area contributed by atoms with Crippen LogP contribution in [0, 0.1) is 22.7 Å². The zero-order valence-corrected chi connectivity index (χ0v) is 11.9. The van der Waals surface area contributed by atoms with Crippen molar-refractivity contribution in [1.82, 2.24) is 0 Å². The van der Waals surface area contributed by atoms with Crippen molar-refractivity contribution in [1.29, 1.82) is 10.5 Å². The summed E-state index contributed by atoms with van der Waals surface area (Å²) in [6.45, 7) is 1.61. The molecule has 2 aromatic rings. The average Bonchev–Trinajstić information content (AvgIpc) is 2.56. The van der Waals surface area contributed by atoms with Crippen LogP contribution in [0.15, 0.2) is 48.5 Å². The Labute approximate surface area is 128 Å². The maximum Gasteiger partial charge on any atom is 0.265 e. The highest BCUT2D eigenvalue weighted by atomic mass is 16.5. The van der Waals surface area contributed by atoms with Crippen molar-refractivity contribution in [3.63, 3.8) is 0 Å². The van der Waals surface area contributed by atoms with E-state index in [4.69, 9.17) is 15.3 Å². The third-order valence-electron chi connectivity index (χ3n) is 2.97. The first kappa shape index (κ1) is 15.1. The van der Waals surface area contributed by atoms with Gasteiger partial charge in [0.2, 0.25) is 0 Å². The Kier molecular flexibility index (Phi) is 4.74. The maximum absolute atomic E-state index is 12.1. The summed E-state index contributed by atoms with van der Waals surface area (Å²) >= 11 is 0. The van der Waals surface area contributed by atoms with Crippen molar-refractivity contribution in [2.24, 2.45) is 0 Å². The second-order valence-corrected chi connectivity index (χ2v) is 4.54. The molecule has 2 rings (SSSR count). The number of nitrogens with zero attached hydrogens (tertiary/aromatic N) is 2. The minimum absolute atomic E-state index is 0.355. The molecule has 1 amide bonds. The summed E-state index contributed by atoms with van der Waals surface area (Å²) < 4.78 is 5.52. The van der Waals surface area contributed by atoms with Crippen LogP contribution < -0.4 is 10.1 Å². The van der Waals surface area contributed by atoms with Crippen LogP contribution in [0.1, 0.15) is 18.1 Å². The first-order chi connectivity index (χ1) is 10.6. The molecule has 1 atom stereocenters. The zero-order valence-electron chi connectivity index (χ0n) is 11.9. The molecule has 5 heteroatoms. The summed E-state index contributed by atoms with van der Waals surface area (Å²) in [5, 5.41) is 20.4. The van der Waals surface area contributed by atoms with Crippen molar-refractivity contribution in [2.75, 3.05) is 5.32 Å². The van der Waals surface area contributed by atoms with Gasteiger partial charge in [-0.2, -0.15) is 10.5 Å². The summed E-state index contributed by atoms with van der Waals surface area (Å²) in [4.78, 5) is 12.1. The predicted octanol–water partition coefficient (Wildman–Crippen LogP) is 2.84. The molecule has 0 aromatic heterocycles. The Morgan fingerprint density at radius 2 is 1.77 bits per heavy atom. The number of hydrogen-bond acceptors (Lipinski definition) is 4. The van der Waals surface area contributed by atoms with Gasteiger partial charge in [0.15, 0.2) is 6.10 Å². The van der Waals surface area contributed by atoms with Crippen LogP contribution in [0.25, 0.3) is 0 Å². The Balaban J connectivity index is 2.03. The van der Waals surface area contributed by atoms with Crippen molar-refractivity contribution >= 4 is 11.6 Å². The molecule has 0 saturated heterocycles. The van der Waals surface area contributed by atoms with Crippen molar-refractivity contribution in [3.05, 3.63) is 59.7 Å². The van der Waals surface area contributed by atoms with Crippen LogP contribution >= 0.6 is 0 Å². The first-order valence-corrected chi connectivity index (χ1v) is 6.61. The average molecular weight is 291 g/mol. The fourth-order valence-electron chi connectivity index (χ4n) is 1.79. The van der Waals surface area contributed by atoms with E-state index < -0.39 is 6.10 Å². The van der Waals surface area contributed by atoms with Gasteiger partial charge in [-0.3, -0.25) is 4.79 Å². The molecule has 0 saturated carbocycles. The van der Waals surface area contributed by atoms with E-state index in [1.807, 2.05) is 12.1 Å². The number of para-hydroxylation sites is 1. The summed E-state index contributed by atoms with van der Waals surface area (Å²) in [6, 6.07) is 17.3. The molecule has 5 nitrogen and oxygen atoms in total. The molecule has 0 spiro atoms. The quantitative estimate of drug-likeness (QED) is 0.938. The van der Waals surface area contributed by atoms with Gasteiger partial charge in [0.1, 0.15) is 11.8 Å². The number of rotatable bonds is 4. The highest BCUT2D eigenvalue weighted by Gasteiger charge is 2.16. The van der Waals surface area contributed by atoms with E-state index in [-0.39, 0.29) is 5.91 Å². The van der Waals surface area contributed by atoms with Gasteiger partial charge in [0.05, 0.1) is 22.9 Å². The predicted molar refractivity (Wildman–Crippen MR) is 81.0 cm³/mol. The first-order valence-electron chi connectivity index (χ1n) is 6.61. The molecule has 22 heavy (non-hydrogen) atoms. The molecule has 0 aliphatic heterocycles. The minimum Gasteiger partial charge on any atom is -0.481 e. The number of nitriles is 2. The third-order valence-corrected chi connectivity index (χ3v) is 2.97. The van der Waals surface area contributed by atoms with E-state index in [2.05, 4.69) is 5.32 Å². The number of anilines is 1. The van der Waals surface area contributed by atoms with Gasteiger partial charge >= 0.3 is 0 Å². The van der Waals surface area contributed by atoms with Crippen molar-refractivity contribution in [3.8, 4) is 17.9 Å². The Morgan fingerprint density at radius 1 is 1.09 bits per heavy atom. The van der Waals surface area contributed by atoms with E-state index in [9.17, 15) is 4.79 Å². The van der Waals surface area contributed by atoms with Gasteiger partial charge in [-0.15, -0.1) is 0 Å². The summed E-state index contributed by atoms with van der Waals surface area (Å²) in [5.74, 6) is 0.141. The topological polar surface area (TPSA) is 85.9 Å². The highest BCUT2D eigenvalue weighted by molar-refractivity contribution is 5.95. The molecule has 1 N–H and O–H groups in total. The third kappa shape index (κ3) is 3.62. The molecule has 2 aromatic carbocycles. The summed E-state index contributed by atoms with van der Waals surface area (Å²) in [5.41, 5.74) is 1.36. The Morgan fingerprint density at radius 3 is 2.41 bits per heavy atom. The van der Waals surface area contributed by atoms with Gasteiger partial charge in [0.25, 0.3) is 5.91 Å². The van der Waals surface area contributed by atoms with Gasteiger partial charge in [-0.25, -0.2) is 0 Å². The van der Waals surface area contributed by atoms with E-state index >= 15 is 0 Å². The molecule has 108 valence electrons. The van der Waals surface area contributed by atoms with Crippen LogP contribution in [-0.2, 0) is 4.79 Å². The molecular formula is C17H13N3O2. The van der Waals surface area contributed by atoms with Crippen LogP contribution in [-0.4, -0.2) is 12.0 Å². The lowest BCUT2D eigenvalue weighted by Gasteiger charge is -2.15. The molecule has 0 fully saturated rings. The lowest BCUT2D eigenvalue weighted by atomic mass is 10.2. The Bertz CT molecular complexity index is 755. The number of amides is 1. The molecule has 0 aliphatic carbocycles. The van der Waals surface area contributed by atoms with E-state index in [1.165, 1.54) is 0 Å². The molecule has 0 radical (unpaired) electrons. The maximum atomic E-state index is 12.1. The number of hydrogen-bond donors (Lipinski definition) is 1. The smallest absolute Gasteiger partial charge is 0.265 e. The van der Waals surface area contributed by atoms with E-state index in [0.29, 0.717) is 22.6 Å². The normalized spacial score (nSPS) is 10.9. The second-order valence-electron chi connectivity index (χ2n) is 4.54. The SMILES string of the molecule is CC(Oc1ccc(C#N)cc1)C(=O)Nc1ccccc1C#N.